The van der Waals surface area contributed by atoms with E-state index in [0.29, 0.717) is 4.90 Å². The highest BCUT2D eigenvalue weighted by atomic mass is 79.9. The first-order chi connectivity index (χ1) is 6.57. The Labute approximate surface area is 95.4 Å². The SMILES string of the molecule is CSc1c(F)cc(C2(N)CC2)cc1Br. The molecule has 76 valence electrons. The molecular formula is C10H11BrFNS. The van der Waals surface area contributed by atoms with Crippen LogP contribution in [-0.2, 0) is 5.54 Å². The maximum absolute atomic E-state index is 13.6. The van der Waals surface area contributed by atoms with Crippen LogP contribution < -0.4 is 5.73 Å². The Morgan fingerprint density at radius 2 is 2.14 bits per heavy atom. The molecule has 0 aliphatic heterocycles. The van der Waals surface area contributed by atoms with Crippen molar-refractivity contribution in [3.05, 3.63) is 28.0 Å². The van der Waals surface area contributed by atoms with Gasteiger partial charge in [-0.25, -0.2) is 4.39 Å². The van der Waals surface area contributed by atoms with E-state index in [1.165, 1.54) is 11.8 Å². The van der Waals surface area contributed by atoms with Crippen LogP contribution in [0.15, 0.2) is 21.5 Å². The fraction of sp³-hybridized carbons (Fsp3) is 0.400. The molecule has 2 N–H and O–H groups in total. The first-order valence-corrected chi connectivity index (χ1v) is 6.41. The Morgan fingerprint density at radius 3 is 2.57 bits per heavy atom. The van der Waals surface area contributed by atoms with Gasteiger partial charge in [-0.1, -0.05) is 0 Å². The Balaban J connectivity index is 2.47. The van der Waals surface area contributed by atoms with E-state index < -0.39 is 0 Å². The van der Waals surface area contributed by atoms with Gasteiger partial charge in [0.2, 0.25) is 0 Å². The molecule has 0 saturated heterocycles. The number of hydrogen-bond acceptors (Lipinski definition) is 2. The van der Waals surface area contributed by atoms with Crippen molar-refractivity contribution in [1.29, 1.82) is 0 Å². The second-order valence-electron chi connectivity index (χ2n) is 3.63. The van der Waals surface area contributed by atoms with Gasteiger partial charge in [0.25, 0.3) is 0 Å². The molecule has 14 heavy (non-hydrogen) atoms. The molecule has 0 heterocycles. The number of nitrogens with two attached hydrogens (primary N) is 1. The van der Waals surface area contributed by atoms with Crippen LogP contribution in [-0.4, -0.2) is 6.26 Å². The third-order valence-electron chi connectivity index (χ3n) is 2.57. The van der Waals surface area contributed by atoms with E-state index in [0.717, 1.165) is 22.9 Å². The second-order valence-corrected chi connectivity index (χ2v) is 5.30. The first-order valence-electron chi connectivity index (χ1n) is 4.39. The molecule has 0 amide bonds. The van der Waals surface area contributed by atoms with Gasteiger partial charge in [0.15, 0.2) is 0 Å². The van der Waals surface area contributed by atoms with Crippen molar-refractivity contribution in [3.63, 3.8) is 0 Å². The summed E-state index contributed by atoms with van der Waals surface area (Å²) in [4.78, 5) is 0.651. The van der Waals surface area contributed by atoms with Crippen LogP contribution >= 0.6 is 27.7 Å². The molecule has 1 aliphatic carbocycles. The van der Waals surface area contributed by atoms with E-state index in [9.17, 15) is 4.39 Å². The lowest BCUT2D eigenvalue weighted by molar-refractivity contribution is 0.591. The van der Waals surface area contributed by atoms with Gasteiger partial charge in [-0.2, -0.15) is 0 Å². The van der Waals surface area contributed by atoms with E-state index in [1.54, 1.807) is 6.07 Å². The molecule has 0 bridgehead atoms. The average molecular weight is 276 g/mol. The van der Waals surface area contributed by atoms with Crippen molar-refractivity contribution < 1.29 is 4.39 Å². The highest BCUT2D eigenvalue weighted by Crippen LogP contribution is 2.44. The molecular weight excluding hydrogens is 265 g/mol. The van der Waals surface area contributed by atoms with Crippen LogP contribution in [0.25, 0.3) is 0 Å². The van der Waals surface area contributed by atoms with Gasteiger partial charge in [0.05, 0.1) is 4.90 Å². The van der Waals surface area contributed by atoms with Crippen LogP contribution in [0, 0.1) is 5.82 Å². The first kappa shape index (κ1) is 10.5. The van der Waals surface area contributed by atoms with E-state index >= 15 is 0 Å². The summed E-state index contributed by atoms with van der Waals surface area (Å²) in [5.41, 5.74) is 6.64. The van der Waals surface area contributed by atoms with Crippen LogP contribution in [0.1, 0.15) is 18.4 Å². The molecule has 0 radical (unpaired) electrons. The van der Waals surface area contributed by atoms with Crippen LogP contribution in [0.2, 0.25) is 0 Å². The Bertz CT molecular complexity index is 353. The summed E-state index contributed by atoms with van der Waals surface area (Å²) < 4.78 is 14.4. The van der Waals surface area contributed by atoms with Crippen LogP contribution in [0.3, 0.4) is 0 Å². The summed E-state index contributed by atoms with van der Waals surface area (Å²) in [5, 5.41) is 0. The molecule has 0 unspecified atom stereocenters. The van der Waals surface area contributed by atoms with Crippen LogP contribution in [0.4, 0.5) is 4.39 Å². The summed E-state index contributed by atoms with van der Waals surface area (Å²) in [6, 6.07) is 3.49. The van der Waals surface area contributed by atoms with Crippen molar-refractivity contribution in [1.82, 2.24) is 0 Å². The molecule has 1 nitrogen and oxygen atoms in total. The lowest BCUT2D eigenvalue weighted by atomic mass is 10.1. The van der Waals surface area contributed by atoms with Gasteiger partial charge in [-0.3, -0.25) is 0 Å². The number of halogens is 2. The molecule has 1 saturated carbocycles. The summed E-state index contributed by atoms with van der Waals surface area (Å²) in [7, 11) is 0. The molecule has 1 fully saturated rings. The highest BCUT2D eigenvalue weighted by molar-refractivity contribution is 9.10. The number of hydrogen-bond donors (Lipinski definition) is 1. The van der Waals surface area contributed by atoms with Gasteiger partial charge in [-0.05, 0) is 52.7 Å². The van der Waals surface area contributed by atoms with Crippen molar-refractivity contribution in [2.24, 2.45) is 5.73 Å². The largest absolute Gasteiger partial charge is 0.321 e. The molecule has 4 heteroatoms. The summed E-state index contributed by atoms with van der Waals surface area (Å²) in [5.74, 6) is -0.182. The Hall–Kier alpha value is -0.0600. The second kappa shape index (κ2) is 3.51. The third kappa shape index (κ3) is 1.71. The normalized spacial score (nSPS) is 18.3. The van der Waals surface area contributed by atoms with Gasteiger partial charge in [-0.15, -0.1) is 11.8 Å². The molecule has 0 atom stereocenters. The monoisotopic (exact) mass is 275 g/mol. The zero-order valence-electron chi connectivity index (χ0n) is 7.81. The highest BCUT2D eigenvalue weighted by Gasteiger charge is 2.40. The average Bonchev–Trinajstić information content (AvgIpc) is 2.84. The number of thioether (sulfide) groups is 1. The summed E-state index contributed by atoms with van der Waals surface area (Å²) in [6.45, 7) is 0. The molecule has 1 aromatic rings. The molecule has 0 spiro atoms. The third-order valence-corrected chi connectivity index (χ3v) is 4.28. The minimum absolute atomic E-state index is 0.182. The minimum Gasteiger partial charge on any atom is -0.321 e. The van der Waals surface area contributed by atoms with Crippen LogP contribution in [0.5, 0.6) is 0 Å². The van der Waals surface area contributed by atoms with Crippen molar-refractivity contribution in [2.75, 3.05) is 6.26 Å². The van der Waals surface area contributed by atoms with E-state index in [1.807, 2.05) is 12.3 Å². The van der Waals surface area contributed by atoms with Crippen molar-refractivity contribution in [3.8, 4) is 0 Å². The van der Waals surface area contributed by atoms with Gasteiger partial charge in [0, 0.05) is 10.0 Å². The zero-order chi connectivity index (χ0) is 10.3. The smallest absolute Gasteiger partial charge is 0.138 e. The summed E-state index contributed by atoms with van der Waals surface area (Å²) in [6.07, 6.45) is 3.77. The zero-order valence-corrected chi connectivity index (χ0v) is 10.2. The maximum Gasteiger partial charge on any atom is 0.138 e. The summed E-state index contributed by atoms with van der Waals surface area (Å²) >= 11 is 4.76. The van der Waals surface area contributed by atoms with E-state index in [4.69, 9.17) is 5.73 Å². The number of benzene rings is 1. The lowest BCUT2D eigenvalue weighted by Gasteiger charge is -2.12. The van der Waals surface area contributed by atoms with Gasteiger partial charge < -0.3 is 5.73 Å². The fourth-order valence-corrected chi connectivity index (χ4v) is 2.90. The Morgan fingerprint density at radius 1 is 1.50 bits per heavy atom. The predicted octanol–water partition coefficient (Wildman–Crippen LogP) is 3.26. The molecule has 1 aromatic carbocycles. The van der Waals surface area contributed by atoms with E-state index in [-0.39, 0.29) is 11.4 Å². The minimum atomic E-state index is -0.264. The molecule has 0 aromatic heterocycles. The fourth-order valence-electron chi connectivity index (χ4n) is 1.47. The standard InChI is InChI=1S/C10H11BrFNS/c1-14-9-7(11)4-6(5-8(9)12)10(13)2-3-10/h4-5H,2-3,13H2,1H3. The lowest BCUT2D eigenvalue weighted by Crippen LogP contribution is -2.18. The molecule has 1 aliphatic rings. The maximum atomic E-state index is 13.6. The van der Waals surface area contributed by atoms with Crippen molar-refractivity contribution in [2.45, 2.75) is 23.3 Å². The predicted molar refractivity (Wildman–Crippen MR) is 61.0 cm³/mol. The molecule has 2 rings (SSSR count). The van der Waals surface area contributed by atoms with Gasteiger partial charge in [0.1, 0.15) is 5.82 Å². The van der Waals surface area contributed by atoms with Crippen molar-refractivity contribution >= 4 is 27.7 Å². The topological polar surface area (TPSA) is 26.0 Å². The van der Waals surface area contributed by atoms with Gasteiger partial charge >= 0.3 is 0 Å². The number of rotatable bonds is 2. The van der Waals surface area contributed by atoms with E-state index in [2.05, 4.69) is 15.9 Å². The quantitative estimate of drug-likeness (QED) is 0.839. The Kier molecular flexibility index (Phi) is 2.62.